The fourth-order valence-electron chi connectivity index (χ4n) is 3.79. The van der Waals surface area contributed by atoms with Gasteiger partial charge in [-0.3, -0.25) is 9.69 Å². The highest BCUT2D eigenvalue weighted by Gasteiger charge is 2.36. The van der Waals surface area contributed by atoms with Gasteiger partial charge in [0, 0.05) is 24.9 Å². The number of ketones is 1. The van der Waals surface area contributed by atoms with E-state index in [9.17, 15) is 9.18 Å². The van der Waals surface area contributed by atoms with Crippen LogP contribution in [-0.2, 0) is 11.3 Å². The van der Waals surface area contributed by atoms with Crippen LogP contribution >= 0.6 is 11.6 Å². The minimum atomic E-state index is -0.362. The molecule has 21 heavy (non-hydrogen) atoms. The molecule has 1 heterocycles. The maximum Gasteiger partial charge on any atom is 0.142 e. The van der Waals surface area contributed by atoms with E-state index in [1.54, 1.807) is 6.07 Å². The normalized spacial score (nSPS) is 27.2. The van der Waals surface area contributed by atoms with E-state index in [0.717, 1.165) is 50.6 Å². The molecule has 3 rings (SSSR count). The zero-order valence-corrected chi connectivity index (χ0v) is 12.9. The van der Waals surface area contributed by atoms with Crippen LogP contribution in [0, 0.1) is 11.7 Å². The van der Waals surface area contributed by atoms with E-state index in [4.69, 9.17) is 11.6 Å². The first-order valence-corrected chi connectivity index (χ1v) is 8.23. The molecular weight excluding hydrogens is 289 g/mol. The van der Waals surface area contributed by atoms with E-state index >= 15 is 0 Å². The van der Waals surface area contributed by atoms with Crippen LogP contribution in [0.2, 0.25) is 5.02 Å². The lowest BCUT2D eigenvalue weighted by atomic mass is 9.82. The zero-order valence-electron chi connectivity index (χ0n) is 12.2. The highest BCUT2D eigenvalue weighted by Crippen LogP contribution is 2.33. The van der Waals surface area contributed by atoms with E-state index in [1.165, 1.54) is 6.07 Å². The third kappa shape index (κ3) is 3.29. The van der Waals surface area contributed by atoms with Crippen LogP contribution in [-0.4, -0.2) is 23.3 Å². The average Bonchev–Trinajstić information content (AvgIpc) is 2.91. The van der Waals surface area contributed by atoms with Crippen molar-refractivity contribution >= 4 is 17.4 Å². The molecule has 0 aromatic heterocycles. The van der Waals surface area contributed by atoms with Gasteiger partial charge >= 0.3 is 0 Å². The Labute approximate surface area is 130 Å². The summed E-state index contributed by atoms with van der Waals surface area (Å²) < 4.78 is 13.6. The number of hydrogen-bond acceptors (Lipinski definition) is 2. The first-order chi connectivity index (χ1) is 10.1. The van der Waals surface area contributed by atoms with Gasteiger partial charge in [0.2, 0.25) is 0 Å². The Hall–Kier alpha value is -0.930. The molecule has 0 N–H and O–H groups in total. The molecule has 0 bridgehead atoms. The van der Waals surface area contributed by atoms with Crippen molar-refractivity contribution in [1.82, 2.24) is 4.90 Å². The number of rotatable bonds is 3. The third-order valence-corrected chi connectivity index (χ3v) is 5.16. The van der Waals surface area contributed by atoms with Gasteiger partial charge in [0.15, 0.2) is 0 Å². The molecule has 2 unspecified atom stereocenters. The number of likely N-dealkylation sites (tertiary alicyclic amines) is 1. The van der Waals surface area contributed by atoms with Crippen molar-refractivity contribution < 1.29 is 9.18 Å². The van der Waals surface area contributed by atoms with Crippen molar-refractivity contribution in [2.45, 2.75) is 51.1 Å². The summed E-state index contributed by atoms with van der Waals surface area (Å²) in [5.41, 5.74) is 0.937. The Kier molecular flexibility index (Phi) is 4.60. The highest BCUT2D eigenvalue weighted by atomic mass is 35.5. The van der Waals surface area contributed by atoms with E-state index in [-0.39, 0.29) is 16.8 Å². The lowest BCUT2D eigenvalue weighted by Gasteiger charge is -2.33. The second kappa shape index (κ2) is 6.45. The minimum absolute atomic E-state index is 0.166. The number of carbonyl (C=O) groups excluding carboxylic acids is 1. The fraction of sp³-hybridized carbons (Fsp3) is 0.588. The van der Waals surface area contributed by atoms with Gasteiger partial charge < -0.3 is 0 Å². The lowest BCUT2D eigenvalue weighted by molar-refractivity contribution is -0.126. The van der Waals surface area contributed by atoms with E-state index in [2.05, 4.69) is 4.90 Å². The van der Waals surface area contributed by atoms with Crippen LogP contribution in [0.3, 0.4) is 0 Å². The molecular formula is C17H21ClFNO. The molecule has 2 aliphatic rings. The Morgan fingerprint density at radius 1 is 1.24 bits per heavy atom. The first-order valence-electron chi connectivity index (χ1n) is 7.86. The quantitative estimate of drug-likeness (QED) is 0.834. The molecule has 2 atom stereocenters. The van der Waals surface area contributed by atoms with Gasteiger partial charge in [-0.1, -0.05) is 24.1 Å². The maximum atomic E-state index is 13.6. The second-order valence-corrected chi connectivity index (χ2v) is 6.65. The van der Waals surface area contributed by atoms with Crippen LogP contribution in [0.4, 0.5) is 4.39 Å². The monoisotopic (exact) mass is 309 g/mol. The van der Waals surface area contributed by atoms with Gasteiger partial charge in [0.25, 0.3) is 0 Å². The Morgan fingerprint density at radius 2 is 2.10 bits per heavy atom. The molecule has 4 heteroatoms. The molecule has 1 aliphatic heterocycles. The van der Waals surface area contributed by atoms with Gasteiger partial charge in [0.05, 0.1) is 5.02 Å². The predicted molar refractivity (Wildman–Crippen MR) is 81.8 cm³/mol. The molecule has 2 nitrogen and oxygen atoms in total. The first kappa shape index (κ1) is 15.0. The van der Waals surface area contributed by atoms with Crippen LogP contribution < -0.4 is 0 Å². The largest absolute Gasteiger partial charge is 0.299 e. The molecule has 0 spiro atoms. The molecule has 1 saturated heterocycles. The molecule has 2 fully saturated rings. The van der Waals surface area contributed by atoms with Gasteiger partial charge in [-0.2, -0.15) is 0 Å². The Morgan fingerprint density at radius 3 is 2.86 bits per heavy atom. The topological polar surface area (TPSA) is 20.3 Å². The standard InChI is InChI=1S/C17H21ClFNO/c18-14-8-7-12(10-15(14)19)11-20-9-3-5-16(20)13-4-1-2-6-17(13)21/h7-8,10,13,16H,1-6,9,11H2. The average molecular weight is 310 g/mol. The maximum absolute atomic E-state index is 13.6. The summed E-state index contributed by atoms with van der Waals surface area (Å²) in [6.07, 6.45) is 6.19. The van der Waals surface area contributed by atoms with Crippen molar-refractivity contribution in [2.24, 2.45) is 5.92 Å². The van der Waals surface area contributed by atoms with Crippen LogP contribution in [0.5, 0.6) is 0 Å². The van der Waals surface area contributed by atoms with Crippen LogP contribution in [0.15, 0.2) is 18.2 Å². The summed E-state index contributed by atoms with van der Waals surface area (Å²) in [5, 5.41) is 0.166. The molecule has 1 aliphatic carbocycles. The number of carbonyl (C=O) groups is 1. The summed E-state index contributed by atoms with van der Waals surface area (Å²) in [5.74, 6) is 0.262. The Bertz CT molecular complexity index is 534. The third-order valence-electron chi connectivity index (χ3n) is 4.85. The van der Waals surface area contributed by atoms with Crippen molar-refractivity contribution in [3.8, 4) is 0 Å². The van der Waals surface area contributed by atoms with Gasteiger partial charge in [-0.15, -0.1) is 0 Å². The van der Waals surface area contributed by atoms with Gasteiger partial charge in [-0.05, 0) is 49.9 Å². The number of nitrogens with zero attached hydrogens (tertiary/aromatic N) is 1. The highest BCUT2D eigenvalue weighted by molar-refractivity contribution is 6.30. The van der Waals surface area contributed by atoms with Crippen molar-refractivity contribution in [3.63, 3.8) is 0 Å². The zero-order chi connectivity index (χ0) is 14.8. The fourth-order valence-corrected chi connectivity index (χ4v) is 3.91. The number of benzene rings is 1. The Balaban J connectivity index is 1.71. The summed E-state index contributed by atoms with van der Waals surface area (Å²) in [4.78, 5) is 14.5. The molecule has 0 radical (unpaired) electrons. The second-order valence-electron chi connectivity index (χ2n) is 6.25. The number of Topliss-reactive ketones (excluding diaryl/α,β-unsaturated/α-hetero) is 1. The summed E-state index contributed by atoms with van der Waals surface area (Å²) >= 11 is 5.73. The van der Waals surface area contributed by atoms with Crippen molar-refractivity contribution in [1.29, 1.82) is 0 Å². The summed E-state index contributed by atoms with van der Waals surface area (Å²) in [6, 6.07) is 5.35. The molecule has 114 valence electrons. The SMILES string of the molecule is O=C1CCCCC1C1CCCN1Cc1ccc(Cl)c(F)c1. The van der Waals surface area contributed by atoms with Gasteiger partial charge in [-0.25, -0.2) is 4.39 Å². The number of halogens is 2. The summed E-state index contributed by atoms with van der Waals surface area (Å²) in [7, 11) is 0. The molecule has 0 amide bonds. The van der Waals surface area contributed by atoms with Gasteiger partial charge in [0.1, 0.15) is 11.6 Å². The van der Waals surface area contributed by atoms with Crippen molar-refractivity contribution in [3.05, 3.63) is 34.6 Å². The van der Waals surface area contributed by atoms with Crippen LogP contribution in [0.25, 0.3) is 0 Å². The van der Waals surface area contributed by atoms with Crippen molar-refractivity contribution in [2.75, 3.05) is 6.54 Å². The number of hydrogen-bond donors (Lipinski definition) is 0. The van der Waals surface area contributed by atoms with Crippen LogP contribution in [0.1, 0.15) is 44.1 Å². The van der Waals surface area contributed by atoms with E-state index < -0.39 is 0 Å². The molecule has 1 aromatic rings. The predicted octanol–water partition coefficient (Wildman–Crippen LogP) is 4.20. The molecule has 1 saturated carbocycles. The smallest absolute Gasteiger partial charge is 0.142 e. The lowest BCUT2D eigenvalue weighted by Crippen LogP contribution is -2.40. The minimum Gasteiger partial charge on any atom is -0.299 e. The van der Waals surface area contributed by atoms with E-state index in [0.29, 0.717) is 18.4 Å². The molecule has 1 aromatic carbocycles. The van der Waals surface area contributed by atoms with E-state index in [1.807, 2.05) is 6.07 Å². The summed E-state index contributed by atoms with van der Waals surface area (Å²) in [6.45, 7) is 1.71.